The smallest absolute Gasteiger partial charge is 0.161 e. The minimum atomic E-state index is -0.445. The Morgan fingerprint density at radius 2 is 2.13 bits per heavy atom. The van der Waals surface area contributed by atoms with Crippen molar-refractivity contribution in [1.29, 1.82) is 0 Å². The van der Waals surface area contributed by atoms with E-state index in [0.717, 1.165) is 32.1 Å². The molecule has 0 aromatic rings. The van der Waals surface area contributed by atoms with E-state index in [9.17, 15) is 9.90 Å². The molecule has 0 heterocycles. The van der Waals surface area contributed by atoms with Crippen molar-refractivity contribution in [1.82, 2.24) is 0 Å². The Bertz CT molecular complexity index is 233. The van der Waals surface area contributed by atoms with Gasteiger partial charge in [0.05, 0.1) is 12.0 Å². The third-order valence-corrected chi connectivity index (χ3v) is 3.19. The first-order chi connectivity index (χ1) is 7.20. The van der Waals surface area contributed by atoms with Crippen LogP contribution in [0.1, 0.15) is 46.0 Å². The van der Waals surface area contributed by atoms with Crippen molar-refractivity contribution in [2.75, 3.05) is 0 Å². The van der Waals surface area contributed by atoms with Gasteiger partial charge in [0.2, 0.25) is 0 Å². The van der Waals surface area contributed by atoms with Gasteiger partial charge in [-0.2, -0.15) is 0 Å². The summed E-state index contributed by atoms with van der Waals surface area (Å²) in [6.45, 7) is 4.19. The number of rotatable bonds is 6. The molecule has 1 rings (SSSR count). The monoisotopic (exact) mass is 210 g/mol. The lowest BCUT2D eigenvalue weighted by Gasteiger charge is -2.23. The Morgan fingerprint density at radius 3 is 2.73 bits per heavy atom. The van der Waals surface area contributed by atoms with Gasteiger partial charge in [-0.15, -0.1) is 0 Å². The number of hydrogen-bond donors (Lipinski definition) is 1. The van der Waals surface area contributed by atoms with Gasteiger partial charge in [-0.3, -0.25) is 4.79 Å². The minimum Gasteiger partial charge on any atom is -0.392 e. The zero-order valence-corrected chi connectivity index (χ0v) is 9.78. The average Bonchev–Trinajstić information content (AvgIpc) is 2.57. The van der Waals surface area contributed by atoms with E-state index in [1.165, 1.54) is 0 Å². The van der Waals surface area contributed by atoms with E-state index in [0.29, 0.717) is 0 Å². The Morgan fingerprint density at radius 1 is 1.40 bits per heavy atom. The van der Waals surface area contributed by atoms with Gasteiger partial charge in [0.15, 0.2) is 5.78 Å². The third kappa shape index (κ3) is 3.16. The van der Waals surface area contributed by atoms with Crippen molar-refractivity contribution < 1.29 is 9.90 Å². The molecule has 0 saturated heterocycles. The standard InChI is InChI=1S/C13H22O2/c1-3-5-7-10-8-9-12(15)13(10)11(14)6-4-2/h8-11,13-14H,3-7H2,1-2H3. The van der Waals surface area contributed by atoms with Crippen LogP contribution in [0.15, 0.2) is 12.2 Å². The largest absolute Gasteiger partial charge is 0.392 e. The van der Waals surface area contributed by atoms with Crippen LogP contribution in [0.4, 0.5) is 0 Å². The van der Waals surface area contributed by atoms with Gasteiger partial charge in [-0.1, -0.05) is 39.2 Å². The summed E-state index contributed by atoms with van der Waals surface area (Å²) in [7, 11) is 0. The highest BCUT2D eigenvalue weighted by Gasteiger charge is 2.34. The maximum absolute atomic E-state index is 11.6. The fourth-order valence-corrected chi connectivity index (χ4v) is 2.33. The van der Waals surface area contributed by atoms with E-state index in [4.69, 9.17) is 0 Å². The molecule has 0 bridgehead atoms. The highest BCUT2D eigenvalue weighted by molar-refractivity contribution is 5.94. The van der Waals surface area contributed by atoms with E-state index in [1.54, 1.807) is 6.08 Å². The van der Waals surface area contributed by atoms with E-state index in [2.05, 4.69) is 6.92 Å². The first-order valence-corrected chi connectivity index (χ1v) is 6.10. The average molecular weight is 210 g/mol. The van der Waals surface area contributed by atoms with Crippen LogP contribution in [0.2, 0.25) is 0 Å². The lowest BCUT2D eigenvalue weighted by molar-refractivity contribution is -0.122. The second-order valence-corrected chi connectivity index (χ2v) is 4.45. The summed E-state index contributed by atoms with van der Waals surface area (Å²) in [5.41, 5.74) is 0. The van der Waals surface area contributed by atoms with Crippen molar-refractivity contribution in [3.8, 4) is 0 Å². The first kappa shape index (κ1) is 12.4. The second-order valence-electron chi connectivity index (χ2n) is 4.45. The highest BCUT2D eigenvalue weighted by atomic mass is 16.3. The topological polar surface area (TPSA) is 37.3 Å². The fourth-order valence-electron chi connectivity index (χ4n) is 2.33. The SMILES string of the molecule is CCCCC1C=CC(=O)C1C(O)CCC. The number of aliphatic hydroxyl groups is 1. The number of hydrogen-bond acceptors (Lipinski definition) is 2. The summed E-state index contributed by atoms with van der Waals surface area (Å²) in [5.74, 6) is 0.243. The molecule has 0 fully saturated rings. The highest BCUT2D eigenvalue weighted by Crippen LogP contribution is 2.31. The predicted octanol–water partition coefficient (Wildman–Crippen LogP) is 2.71. The molecule has 2 nitrogen and oxygen atoms in total. The molecule has 15 heavy (non-hydrogen) atoms. The van der Waals surface area contributed by atoms with Crippen LogP contribution in [0.3, 0.4) is 0 Å². The lowest BCUT2D eigenvalue weighted by atomic mass is 9.84. The number of carbonyl (C=O) groups is 1. The van der Waals surface area contributed by atoms with E-state index in [1.807, 2.05) is 13.0 Å². The van der Waals surface area contributed by atoms with E-state index < -0.39 is 6.10 Å². The molecule has 0 aromatic heterocycles. The van der Waals surface area contributed by atoms with Gasteiger partial charge in [0, 0.05) is 0 Å². The molecule has 1 aliphatic rings. The number of allylic oxidation sites excluding steroid dienone is 2. The van der Waals surface area contributed by atoms with Gasteiger partial charge in [-0.25, -0.2) is 0 Å². The Hall–Kier alpha value is -0.630. The molecule has 0 aliphatic heterocycles. The van der Waals surface area contributed by atoms with Gasteiger partial charge in [0.25, 0.3) is 0 Å². The Kier molecular flexibility index (Phi) is 5.03. The minimum absolute atomic E-state index is 0.122. The van der Waals surface area contributed by atoms with Crippen LogP contribution in [0, 0.1) is 11.8 Å². The fraction of sp³-hybridized carbons (Fsp3) is 0.769. The van der Waals surface area contributed by atoms with Crippen molar-refractivity contribution >= 4 is 5.78 Å². The zero-order valence-electron chi connectivity index (χ0n) is 9.78. The molecule has 2 heteroatoms. The van der Waals surface area contributed by atoms with Crippen LogP contribution < -0.4 is 0 Å². The maximum atomic E-state index is 11.6. The second kappa shape index (κ2) is 6.06. The molecular formula is C13H22O2. The third-order valence-electron chi connectivity index (χ3n) is 3.19. The molecule has 1 N–H and O–H groups in total. The normalized spacial score (nSPS) is 27.3. The molecule has 86 valence electrons. The molecule has 0 radical (unpaired) electrons. The van der Waals surface area contributed by atoms with Crippen LogP contribution in [0.5, 0.6) is 0 Å². The number of carbonyl (C=O) groups excluding carboxylic acids is 1. The summed E-state index contributed by atoms with van der Waals surface area (Å²) in [6.07, 6.45) is 8.19. The molecule has 0 amide bonds. The summed E-state index contributed by atoms with van der Waals surface area (Å²) >= 11 is 0. The van der Waals surface area contributed by atoms with Gasteiger partial charge in [0.1, 0.15) is 0 Å². The molecule has 3 unspecified atom stereocenters. The molecule has 0 spiro atoms. The van der Waals surface area contributed by atoms with Crippen molar-refractivity contribution in [3.05, 3.63) is 12.2 Å². The summed E-state index contributed by atoms with van der Waals surface area (Å²) in [5, 5.41) is 9.93. The van der Waals surface area contributed by atoms with Crippen LogP contribution in [0.25, 0.3) is 0 Å². The van der Waals surface area contributed by atoms with Gasteiger partial charge in [-0.05, 0) is 24.8 Å². The van der Waals surface area contributed by atoms with Crippen LogP contribution in [-0.2, 0) is 4.79 Å². The van der Waals surface area contributed by atoms with Crippen LogP contribution in [-0.4, -0.2) is 17.0 Å². The molecule has 3 atom stereocenters. The van der Waals surface area contributed by atoms with E-state index in [-0.39, 0.29) is 17.6 Å². The molecular weight excluding hydrogens is 188 g/mol. The number of aliphatic hydroxyl groups excluding tert-OH is 1. The number of ketones is 1. The zero-order chi connectivity index (χ0) is 11.3. The van der Waals surface area contributed by atoms with Crippen molar-refractivity contribution in [3.63, 3.8) is 0 Å². The molecule has 0 aromatic carbocycles. The Labute approximate surface area is 92.4 Å². The molecule has 1 aliphatic carbocycles. The van der Waals surface area contributed by atoms with Crippen LogP contribution >= 0.6 is 0 Å². The quantitative estimate of drug-likeness (QED) is 0.732. The molecule has 0 saturated carbocycles. The van der Waals surface area contributed by atoms with Crippen molar-refractivity contribution in [2.45, 2.75) is 52.1 Å². The lowest BCUT2D eigenvalue weighted by Crippen LogP contribution is -2.29. The predicted molar refractivity (Wildman–Crippen MR) is 61.6 cm³/mol. The summed E-state index contributed by atoms with van der Waals surface area (Å²) < 4.78 is 0. The maximum Gasteiger partial charge on any atom is 0.161 e. The summed E-state index contributed by atoms with van der Waals surface area (Å²) in [6, 6.07) is 0. The van der Waals surface area contributed by atoms with Crippen molar-refractivity contribution in [2.24, 2.45) is 11.8 Å². The number of unbranched alkanes of at least 4 members (excludes halogenated alkanes) is 1. The van der Waals surface area contributed by atoms with Gasteiger partial charge >= 0.3 is 0 Å². The van der Waals surface area contributed by atoms with E-state index >= 15 is 0 Å². The van der Waals surface area contributed by atoms with Gasteiger partial charge < -0.3 is 5.11 Å². The first-order valence-electron chi connectivity index (χ1n) is 6.10. The Balaban J connectivity index is 2.54. The summed E-state index contributed by atoms with van der Waals surface area (Å²) in [4.78, 5) is 11.6.